The minimum absolute atomic E-state index is 0.0936. The van der Waals surface area contributed by atoms with E-state index in [0.717, 1.165) is 0 Å². The molecule has 5 nitrogen and oxygen atoms in total. The fraction of sp³-hybridized carbons (Fsp3) is 0.538. The molecule has 0 aromatic heterocycles. The zero-order valence-electron chi connectivity index (χ0n) is 11.9. The molecule has 0 fully saturated rings. The van der Waals surface area contributed by atoms with E-state index in [1.54, 1.807) is 25.3 Å². The number of anilines is 1. The van der Waals surface area contributed by atoms with Crippen molar-refractivity contribution in [2.75, 3.05) is 24.1 Å². The Morgan fingerprint density at radius 1 is 1.35 bits per heavy atom. The molecule has 0 radical (unpaired) electrons. The summed E-state index contributed by atoms with van der Waals surface area (Å²) in [6, 6.07) is 5.43. The van der Waals surface area contributed by atoms with Crippen molar-refractivity contribution < 1.29 is 13.2 Å². The van der Waals surface area contributed by atoms with Crippen LogP contribution in [-0.4, -0.2) is 33.9 Å². The van der Waals surface area contributed by atoms with Gasteiger partial charge in [-0.3, -0.25) is 4.72 Å². The number of sulfonamides is 1. The van der Waals surface area contributed by atoms with Gasteiger partial charge in [-0.25, -0.2) is 8.42 Å². The summed E-state index contributed by atoms with van der Waals surface area (Å²) in [6.07, 6.45) is 0.574. The van der Waals surface area contributed by atoms with Crippen LogP contribution < -0.4 is 14.8 Å². The van der Waals surface area contributed by atoms with Gasteiger partial charge in [0.05, 0.1) is 17.3 Å². The maximum absolute atomic E-state index is 11.9. The molecule has 0 aliphatic heterocycles. The van der Waals surface area contributed by atoms with Crippen LogP contribution in [0.5, 0.6) is 5.75 Å². The summed E-state index contributed by atoms with van der Waals surface area (Å²) in [5.74, 6) is 0.755. The van der Waals surface area contributed by atoms with Crippen molar-refractivity contribution in [1.29, 1.82) is 0 Å². The lowest BCUT2D eigenvalue weighted by atomic mass is 10.3. The van der Waals surface area contributed by atoms with Crippen LogP contribution in [0, 0.1) is 0 Å². The van der Waals surface area contributed by atoms with Gasteiger partial charge >= 0.3 is 0 Å². The number of halogens is 1. The van der Waals surface area contributed by atoms with Crippen molar-refractivity contribution in [3.05, 3.63) is 22.7 Å². The molecule has 0 aliphatic carbocycles. The highest BCUT2D eigenvalue weighted by Gasteiger charge is 2.11. The first-order chi connectivity index (χ1) is 9.34. The van der Waals surface area contributed by atoms with Crippen molar-refractivity contribution in [2.45, 2.75) is 26.3 Å². The summed E-state index contributed by atoms with van der Waals surface area (Å²) >= 11 is 3.32. The van der Waals surface area contributed by atoms with Gasteiger partial charge in [-0.1, -0.05) is 13.8 Å². The zero-order valence-corrected chi connectivity index (χ0v) is 14.3. The van der Waals surface area contributed by atoms with Gasteiger partial charge in [-0.2, -0.15) is 0 Å². The average Bonchev–Trinajstić information content (AvgIpc) is 2.34. The lowest BCUT2D eigenvalue weighted by molar-refractivity contribution is 0.412. The molecule has 0 aliphatic rings. The Labute approximate surface area is 129 Å². The maximum atomic E-state index is 11.9. The summed E-state index contributed by atoms with van der Waals surface area (Å²) in [6.45, 7) is 4.74. The summed E-state index contributed by atoms with van der Waals surface area (Å²) in [4.78, 5) is 0. The molecule has 1 rings (SSSR count). The molecular formula is C13H21BrN2O3S. The first-order valence-electron chi connectivity index (χ1n) is 6.41. The molecule has 0 spiro atoms. The standard InChI is InChI=1S/C13H21BrN2O3S/c1-10(2)15-7-4-8-20(17,18)16-11-5-6-13(19-3)12(14)9-11/h5-6,9-10,15-16H,4,7-8H2,1-3H3. The molecule has 0 amide bonds. The smallest absolute Gasteiger partial charge is 0.232 e. The average molecular weight is 365 g/mol. The summed E-state index contributed by atoms with van der Waals surface area (Å²) in [5.41, 5.74) is 0.523. The largest absolute Gasteiger partial charge is 0.496 e. The van der Waals surface area contributed by atoms with Crippen LogP contribution in [-0.2, 0) is 10.0 Å². The SMILES string of the molecule is COc1ccc(NS(=O)(=O)CCCNC(C)C)cc1Br. The maximum Gasteiger partial charge on any atom is 0.232 e. The van der Waals surface area contributed by atoms with Crippen molar-refractivity contribution in [3.8, 4) is 5.75 Å². The summed E-state index contributed by atoms with van der Waals surface area (Å²) in [7, 11) is -1.76. The summed E-state index contributed by atoms with van der Waals surface area (Å²) < 4.78 is 32.2. The molecule has 0 atom stereocenters. The fourth-order valence-electron chi connectivity index (χ4n) is 1.61. The van der Waals surface area contributed by atoms with E-state index in [9.17, 15) is 8.42 Å². The van der Waals surface area contributed by atoms with Crippen molar-refractivity contribution in [3.63, 3.8) is 0 Å². The number of hydrogen-bond donors (Lipinski definition) is 2. The molecule has 20 heavy (non-hydrogen) atoms. The topological polar surface area (TPSA) is 67.4 Å². The zero-order chi connectivity index (χ0) is 15.2. The number of hydrogen-bond acceptors (Lipinski definition) is 4. The minimum atomic E-state index is -3.32. The van der Waals surface area contributed by atoms with Crippen LogP contribution in [0.4, 0.5) is 5.69 Å². The van der Waals surface area contributed by atoms with Crippen LogP contribution in [0.15, 0.2) is 22.7 Å². The molecular weight excluding hydrogens is 344 g/mol. The Morgan fingerprint density at radius 3 is 2.60 bits per heavy atom. The molecule has 114 valence electrons. The van der Waals surface area contributed by atoms with E-state index in [4.69, 9.17) is 4.74 Å². The highest BCUT2D eigenvalue weighted by Crippen LogP contribution is 2.28. The normalized spacial score (nSPS) is 11.7. The highest BCUT2D eigenvalue weighted by molar-refractivity contribution is 9.10. The number of rotatable bonds is 8. The molecule has 7 heteroatoms. The molecule has 1 aromatic carbocycles. The van der Waals surface area contributed by atoms with Crippen LogP contribution in [0.2, 0.25) is 0 Å². The Kier molecular flexibility index (Phi) is 6.78. The Hall–Kier alpha value is -0.790. The monoisotopic (exact) mass is 364 g/mol. The Morgan fingerprint density at radius 2 is 2.05 bits per heavy atom. The van der Waals surface area contributed by atoms with Gasteiger partial charge in [-0.15, -0.1) is 0 Å². The minimum Gasteiger partial charge on any atom is -0.496 e. The van der Waals surface area contributed by atoms with Gasteiger partial charge < -0.3 is 10.1 Å². The van der Waals surface area contributed by atoms with Crippen molar-refractivity contribution in [1.82, 2.24) is 5.32 Å². The molecule has 0 saturated carbocycles. The van der Waals surface area contributed by atoms with Crippen molar-refractivity contribution >= 4 is 31.6 Å². The second kappa shape index (κ2) is 7.85. The Balaban J connectivity index is 2.55. The number of methoxy groups -OCH3 is 1. The van der Waals surface area contributed by atoms with Crippen molar-refractivity contribution in [2.24, 2.45) is 0 Å². The van der Waals surface area contributed by atoms with E-state index >= 15 is 0 Å². The van der Waals surface area contributed by atoms with Gasteiger partial charge in [0, 0.05) is 11.7 Å². The van der Waals surface area contributed by atoms with E-state index in [1.807, 2.05) is 13.8 Å². The lowest BCUT2D eigenvalue weighted by Crippen LogP contribution is -2.26. The molecule has 2 N–H and O–H groups in total. The van der Waals surface area contributed by atoms with Gasteiger partial charge in [-0.05, 0) is 47.1 Å². The first-order valence-corrected chi connectivity index (χ1v) is 8.86. The quantitative estimate of drug-likeness (QED) is 0.695. The van der Waals surface area contributed by atoms with Crippen LogP contribution >= 0.6 is 15.9 Å². The highest BCUT2D eigenvalue weighted by atomic mass is 79.9. The first kappa shape index (κ1) is 17.3. The molecule has 0 heterocycles. The van der Waals surface area contributed by atoms with Crippen LogP contribution in [0.25, 0.3) is 0 Å². The van der Waals surface area contributed by atoms with E-state index in [-0.39, 0.29) is 5.75 Å². The number of nitrogens with one attached hydrogen (secondary N) is 2. The molecule has 0 unspecified atom stereocenters. The molecule has 0 saturated heterocycles. The summed E-state index contributed by atoms with van der Waals surface area (Å²) in [5, 5.41) is 3.19. The van der Waals surface area contributed by atoms with Gasteiger partial charge in [0.25, 0.3) is 0 Å². The number of benzene rings is 1. The predicted octanol–water partition coefficient (Wildman–Crippen LogP) is 2.59. The predicted molar refractivity (Wildman–Crippen MR) is 85.9 cm³/mol. The third-order valence-electron chi connectivity index (χ3n) is 2.57. The second-order valence-corrected chi connectivity index (χ2v) is 7.43. The van der Waals surface area contributed by atoms with Crippen LogP contribution in [0.3, 0.4) is 0 Å². The van der Waals surface area contributed by atoms with Gasteiger partial charge in [0.2, 0.25) is 10.0 Å². The third kappa shape index (κ3) is 6.11. The van der Waals surface area contributed by atoms with Gasteiger partial charge in [0.15, 0.2) is 0 Å². The van der Waals surface area contributed by atoms with Gasteiger partial charge in [0.1, 0.15) is 5.75 Å². The molecule has 0 bridgehead atoms. The van der Waals surface area contributed by atoms with E-state index in [2.05, 4.69) is 26.0 Å². The number of ether oxygens (including phenoxy) is 1. The second-order valence-electron chi connectivity index (χ2n) is 4.73. The Bertz CT molecular complexity index is 532. The fourth-order valence-corrected chi connectivity index (χ4v) is 3.27. The van der Waals surface area contributed by atoms with Crippen LogP contribution in [0.1, 0.15) is 20.3 Å². The molecule has 1 aromatic rings. The van der Waals surface area contributed by atoms with E-state index in [1.165, 1.54) is 0 Å². The van der Waals surface area contributed by atoms with E-state index in [0.29, 0.717) is 34.9 Å². The third-order valence-corrected chi connectivity index (χ3v) is 4.56. The lowest BCUT2D eigenvalue weighted by Gasteiger charge is -2.11. The van der Waals surface area contributed by atoms with E-state index < -0.39 is 10.0 Å².